The van der Waals surface area contributed by atoms with Crippen LogP contribution in [-0.4, -0.2) is 90.0 Å². The fourth-order valence-corrected chi connectivity index (χ4v) is 7.42. The third-order valence-electron chi connectivity index (χ3n) is 10.0. The lowest BCUT2D eigenvalue weighted by Gasteiger charge is -2.38. The van der Waals surface area contributed by atoms with Crippen LogP contribution in [0.5, 0.6) is 6.01 Å². The molecule has 0 bridgehead atoms. The van der Waals surface area contributed by atoms with Crippen molar-refractivity contribution < 1.29 is 23.8 Å². The van der Waals surface area contributed by atoms with Gasteiger partial charge in [0.25, 0.3) is 0 Å². The Kier molecular flexibility index (Phi) is 10.4. The molecule has 2 saturated heterocycles. The number of carbonyl (C=O) groups excluding carboxylic acids is 2. The van der Waals surface area contributed by atoms with E-state index in [9.17, 15) is 9.59 Å². The minimum absolute atomic E-state index is 0.143. The summed E-state index contributed by atoms with van der Waals surface area (Å²) in [7, 11) is 0. The molecule has 0 N–H and O–H groups in total. The van der Waals surface area contributed by atoms with Gasteiger partial charge in [-0.2, -0.15) is 9.97 Å². The Bertz CT molecular complexity index is 1890. The second kappa shape index (κ2) is 15.3. The number of aryl methyl sites for hydroxylation is 1. The number of fused-ring (bicyclic) bond motifs is 2. The average molecular weight is 707 g/mol. The molecule has 1 aromatic heterocycles. The number of amides is 2. The van der Waals surface area contributed by atoms with E-state index in [1.54, 1.807) is 9.80 Å². The number of aromatic nitrogens is 2. The molecule has 1 atom stereocenters. The second-order valence-corrected chi connectivity index (χ2v) is 15.2. The number of benzene rings is 3. The summed E-state index contributed by atoms with van der Waals surface area (Å²) < 4.78 is 17.7. The van der Waals surface area contributed by atoms with Crippen LogP contribution >= 0.6 is 0 Å². The molecule has 0 aliphatic carbocycles. The maximum Gasteiger partial charge on any atom is 0.410 e. The van der Waals surface area contributed by atoms with E-state index in [1.807, 2.05) is 51.1 Å². The SMILES string of the molecule is Cc1cc(N2CCc3c(nc(OC[C@@H]4CCCN(C(=O)OC(C)(C)C)C4)nc3N3CCN(C(=O)OCc4ccccc4)CC3)C2)c2ccccc2c1. The molecule has 0 unspecified atom stereocenters. The maximum absolute atomic E-state index is 13.0. The van der Waals surface area contributed by atoms with Gasteiger partial charge < -0.3 is 33.8 Å². The lowest BCUT2D eigenvalue weighted by Crippen LogP contribution is -2.49. The Labute approximate surface area is 306 Å². The molecule has 4 aromatic rings. The molecule has 2 amide bonds. The Morgan fingerprint density at radius 2 is 1.62 bits per heavy atom. The summed E-state index contributed by atoms with van der Waals surface area (Å²) in [4.78, 5) is 44.1. The number of piperazine rings is 1. The van der Waals surface area contributed by atoms with Crippen LogP contribution in [0, 0.1) is 12.8 Å². The van der Waals surface area contributed by atoms with Crippen molar-refractivity contribution in [3.8, 4) is 6.01 Å². The number of likely N-dealkylation sites (tertiary alicyclic amines) is 1. The molecule has 0 saturated carbocycles. The first-order valence-electron chi connectivity index (χ1n) is 18.5. The number of rotatable bonds is 7. The molecule has 11 heteroatoms. The van der Waals surface area contributed by atoms with Gasteiger partial charge in [0.2, 0.25) is 0 Å². The second-order valence-electron chi connectivity index (χ2n) is 15.2. The van der Waals surface area contributed by atoms with Crippen molar-refractivity contribution in [2.45, 2.75) is 65.7 Å². The van der Waals surface area contributed by atoms with Crippen LogP contribution in [0.15, 0.2) is 66.7 Å². The first kappa shape index (κ1) is 35.3. The number of ether oxygens (including phenoxy) is 3. The van der Waals surface area contributed by atoms with Crippen LogP contribution in [0.3, 0.4) is 0 Å². The summed E-state index contributed by atoms with van der Waals surface area (Å²) in [6, 6.07) is 23.1. The highest BCUT2D eigenvalue weighted by Crippen LogP contribution is 2.35. The smallest absolute Gasteiger partial charge is 0.410 e. The standard InChI is InChI=1S/C41H50N6O5/c1-29-23-32-14-8-9-15-33(32)36(24-29)46-18-16-34-35(26-46)42-38(50-28-31-13-10-17-47(25-31)40(49)52-41(2,3)4)43-37(34)44-19-21-45(22-20-44)39(48)51-27-30-11-6-5-7-12-30/h5-9,11-12,14-15,23-24,31H,10,13,16-22,25-28H2,1-4H3/t31-/m1/s1. The molecule has 4 heterocycles. The quantitative estimate of drug-likeness (QED) is 0.201. The fourth-order valence-electron chi connectivity index (χ4n) is 7.42. The third-order valence-corrected chi connectivity index (χ3v) is 10.0. The van der Waals surface area contributed by atoms with Gasteiger partial charge in [-0.1, -0.05) is 60.7 Å². The van der Waals surface area contributed by atoms with Crippen molar-refractivity contribution in [3.05, 3.63) is 89.1 Å². The zero-order chi connectivity index (χ0) is 36.2. The number of carbonyl (C=O) groups is 2. The highest BCUT2D eigenvalue weighted by atomic mass is 16.6. The zero-order valence-corrected chi connectivity index (χ0v) is 30.8. The molecule has 3 aliphatic heterocycles. The Morgan fingerprint density at radius 1 is 0.846 bits per heavy atom. The summed E-state index contributed by atoms with van der Waals surface area (Å²) in [6.07, 6.45) is 2.05. The molecule has 3 aromatic carbocycles. The highest BCUT2D eigenvalue weighted by Gasteiger charge is 2.31. The van der Waals surface area contributed by atoms with E-state index in [2.05, 4.69) is 53.1 Å². The molecule has 3 aliphatic rings. The largest absolute Gasteiger partial charge is 0.463 e. The van der Waals surface area contributed by atoms with Gasteiger partial charge in [0.1, 0.15) is 18.0 Å². The van der Waals surface area contributed by atoms with Crippen molar-refractivity contribution in [2.75, 3.05) is 62.2 Å². The number of nitrogens with zero attached hydrogens (tertiary/aromatic N) is 6. The Hall–Kier alpha value is -5.06. The molecule has 2 fully saturated rings. The van der Waals surface area contributed by atoms with Gasteiger partial charge in [-0.15, -0.1) is 0 Å². The van der Waals surface area contributed by atoms with E-state index in [0.29, 0.717) is 58.4 Å². The van der Waals surface area contributed by atoms with Crippen molar-refractivity contribution in [1.29, 1.82) is 0 Å². The molecule has 7 rings (SSSR count). The maximum atomic E-state index is 13.0. The van der Waals surface area contributed by atoms with Crippen molar-refractivity contribution >= 4 is 34.5 Å². The van der Waals surface area contributed by atoms with Gasteiger partial charge in [-0.25, -0.2) is 9.59 Å². The van der Waals surface area contributed by atoms with Crippen molar-refractivity contribution in [3.63, 3.8) is 0 Å². The van der Waals surface area contributed by atoms with E-state index in [1.165, 1.54) is 22.0 Å². The lowest BCUT2D eigenvalue weighted by molar-refractivity contribution is 0.0137. The van der Waals surface area contributed by atoms with E-state index in [4.69, 9.17) is 24.2 Å². The van der Waals surface area contributed by atoms with Gasteiger partial charge >= 0.3 is 18.2 Å². The first-order chi connectivity index (χ1) is 25.1. The molecule has 0 radical (unpaired) electrons. The van der Waals surface area contributed by atoms with Gasteiger partial charge in [-0.3, -0.25) is 0 Å². The molecule has 11 nitrogen and oxygen atoms in total. The molecule has 52 heavy (non-hydrogen) atoms. The van der Waals surface area contributed by atoms with Crippen molar-refractivity contribution in [1.82, 2.24) is 19.8 Å². The van der Waals surface area contributed by atoms with Gasteiger partial charge in [0.05, 0.1) is 18.8 Å². The van der Waals surface area contributed by atoms with Crippen LogP contribution < -0.4 is 14.5 Å². The van der Waals surface area contributed by atoms with Gasteiger partial charge in [0, 0.05) is 68.4 Å². The predicted molar refractivity (Wildman–Crippen MR) is 202 cm³/mol. The fraction of sp³-hybridized carbons (Fsp3) is 0.463. The third kappa shape index (κ3) is 8.35. The van der Waals surface area contributed by atoms with E-state index < -0.39 is 5.60 Å². The summed E-state index contributed by atoms with van der Waals surface area (Å²) in [5.41, 5.74) is 4.94. The first-order valence-corrected chi connectivity index (χ1v) is 18.5. The Balaban J connectivity index is 1.09. The summed E-state index contributed by atoms with van der Waals surface area (Å²) in [6.45, 7) is 13.5. The Morgan fingerprint density at radius 3 is 2.40 bits per heavy atom. The van der Waals surface area contributed by atoms with Crippen LogP contribution in [0.2, 0.25) is 0 Å². The van der Waals surface area contributed by atoms with Gasteiger partial charge in [-0.05, 0) is 69.5 Å². The van der Waals surface area contributed by atoms with Crippen LogP contribution in [0.25, 0.3) is 10.8 Å². The monoisotopic (exact) mass is 706 g/mol. The summed E-state index contributed by atoms with van der Waals surface area (Å²) >= 11 is 0. The topological polar surface area (TPSA) is 101 Å². The van der Waals surface area contributed by atoms with E-state index >= 15 is 0 Å². The molecular formula is C41H50N6O5. The number of hydrogen-bond donors (Lipinski definition) is 0. The molecular weight excluding hydrogens is 656 g/mol. The van der Waals surface area contributed by atoms with Crippen molar-refractivity contribution in [2.24, 2.45) is 5.92 Å². The minimum atomic E-state index is -0.541. The van der Waals surface area contributed by atoms with Crippen LogP contribution in [0.4, 0.5) is 21.1 Å². The predicted octanol–water partition coefficient (Wildman–Crippen LogP) is 6.99. The average Bonchev–Trinajstić information content (AvgIpc) is 3.15. The van der Waals surface area contributed by atoms with E-state index in [0.717, 1.165) is 48.4 Å². The summed E-state index contributed by atoms with van der Waals surface area (Å²) in [5, 5.41) is 2.45. The minimum Gasteiger partial charge on any atom is -0.463 e. The molecule has 274 valence electrons. The number of hydrogen-bond acceptors (Lipinski definition) is 9. The van der Waals surface area contributed by atoms with E-state index in [-0.39, 0.29) is 24.7 Å². The lowest BCUT2D eigenvalue weighted by atomic mass is 9.99. The number of piperidine rings is 1. The highest BCUT2D eigenvalue weighted by molar-refractivity contribution is 5.95. The van der Waals surface area contributed by atoms with Gasteiger partial charge in [0.15, 0.2) is 0 Å². The summed E-state index contributed by atoms with van der Waals surface area (Å²) in [5.74, 6) is 1.02. The van der Waals surface area contributed by atoms with Crippen LogP contribution in [0.1, 0.15) is 56.0 Å². The number of anilines is 2. The molecule has 0 spiro atoms. The van der Waals surface area contributed by atoms with Crippen LogP contribution in [-0.2, 0) is 29.0 Å². The normalized spacial score (nSPS) is 17.9. The zero-order valence-electron chi connectivity index (χ0n) is 30.8.